The number of hydrogen-bond donors (Lipinski definition) is 0. The van der Waals surface area contributed by atoms with Crippen molar-refractivity contribution in [3.63, 3.8) is 0 Å². The van der Waals surface area contributed by atoms with Gasteiger partial charge in [0.15, 0.2) is 0 Å². The zero-order valence-corrected chi connectivity index (χ0v) is 25.7. The van der Waals surface area contributed by atoms with Crippen molar-refractivity contribution in [2.75, 3.05) is 23.0 Å². The van der Waals surface area contributed by atoms with Crippen molar-refractivity contribution in [1.29, 1.82) is 0 Å². The van der Waals surface area contributed by atoms with E-state index in [1.165, 1.54) is 190 Å². The minimum atomic E-state index is 1.37. The highest BCUT2D eigenvalue weighted by Gasteiger charge is 1.97. The summed E-state index contributed by atoms with van der Waals surface area (Å²) < 4.78 is 0. The molecule has 0 aliphatic rings. The molecule has 0 aromatic carbocycles. The van der Waals surface area contributed by atoms with Crippen LogP contribution in [0.15, 0.2) is 0 Å². The quantitative estimate of drug-likeness (QED) is 0.0843. The molecule has 0 atom stereocenters. The Morgan fingerprint density at radius 3 is 0.618 bits per heavy atom. The van der Waals surface area contributed by atoms with Gasteiger partial charge < -0.3 is 0 Å². The molecule has 0 rings (SSSR count). The minimum absolute atomic E-state index is 1.37. The Labute approximate surface area is 226 Å². The van der Waals surface area contributed by atoms with Gasteiger partial charge in [0, 0.05) is 0 Å². The second-order valence-electron chi connectivity index (χ2n) is 10.7. The third-order valence-electron chi connectivity index (χ3n) is 7.11. The van der Waals surface area contributed by atoms with E-state index in [1.807, 2.05) is 0 Å². The molecule has 0 nitrogen and oxygen atoms in total. The van der Waals surface area contributed by atoms with Gasteiger partial charge in [-0.05, 0) is 48.7 Å². The average molecular weight is 515 g/mol. The van der Waals surface area contributed by atoms with E-state index in [4.69, 9.17) is 0 Å². The predicted molar refractivity (Wildman–Crippen MR) is 166 cm³/mol. The molecule has 0 fully saturated rings. The summed E-state index contributed by atoms with van der Waals surface area (Å²) in [4.78, 5) is 0. The fraction of sp³-hybridized carbons (Fsp3) is 1.00. The van der Waals surface area contributed by atoms with E-state index in [2.05, 4.69) is 37.4 Å². The second kappa shape index (κ2) is 33.7. The van der Waals surface area contributed by atoms with Crippen molar-refractivity contribution in [3.05, 3.63) is 0 Å². The fourth-order valence-corrected chi connectivity index (χ4v) is 6.74. The van der Waals surface area contributed by atoms with Gasteiger partial charge in [-0.25, -0.2) is 0 Å². The highest BCUT2D eigenvalue weighted by Crippen LogP contribution is 2.16. The van der Waals surface area contributed by atoms with Crippen LogP contribution in [0.5, 0.6) is 0 Å². The predicted octanol–water partition coefficient (Wildman–Crippen LogP) is 12.6. The van der Waals surface area contributed by atoms with E-state index < -0.39 is 0 Å². The number of unbranched alkanes of at least 4 members (excludes halogenated alkanes) is 23. The summed E-state index contributed by atoms with van der Waals surface area (Å²) >= 11 is 4.43. The van der Waals surface area contributed by atoms with E-state index in [1.54, 1.807) is 0 Å². The van der Waals surface area contributed by atoms with Crippen LogP contribution >= 0.6 is 23.5 Å². The van der Waals surface area contributed by atoms with E-state index in [9.17, 15) is 0 Å². The first-order chi connectivity index (χ1) is 16.9. The van der Waals surface area contributed by atoms with Gasteiger partial charge in [-0.2, -0.15) is 23.5 Å². The molecule has 2 heteroatoms. The van der Waals surface area contributed by atoms with Crippen LogP contribution in [0.3, 0.4) is 0 Å². The minimum Gasteiger partial charge on any atom is -0.162 e. The molecule has 0 radical (unpaired) electrons. The summed E-state index contributed by atoms with van der Waals surface area (Å²) in [6.07, 6.45) is 38.0. The summed E-state index contributed by atoms with van der Waals surface area (Å²) in [5.74, 6) is 5.64. The van der Waals surface area contributed by atoms with Crippen LogP contribution in [0.4, 0.5) is 0 Å². The zero-order chi connectivity index (χ0) is 24.6. The van der Waals surface area contributed by atoms with Crippen LogP contribution in [0.2, 0.25) is 0 Å². The van der Waals surface area contributed by atoms with Crippen molar-refractivity contribution < 1.29 is 0 Å². The van der Waals surface area contributed by atoms with Crippen LogP contribution in [0.25, 0.3) is 0 Å². The molecule has 0 unspecified atom stereocenters. The SMILES string of the molecule is CCCCCCCCCCCCSCCCCCCCCSCCCCCCCCCCCC. The molecule has 0 bridgehead atoms. The Balaban J connectivity index is 2.99. The van der Waals surface area contributed by atoms with Gasteiger partial charge in [0.1, 0.15) is 0 Å². The zero-order valence-electron chi connectivity index (χ0n) is 24.0. The number of thioether (sulfide) groups is 2. The lowest BCUT2D eigenvalue weighted by atomic mass is 10.1. The first-order valence-corrected chi connectivity index (χ1v) is 18.4. The van der Waals surface area contributed by atoms with E-state index in [-0.39, 0.29) is 0 Å². The Hall–Kier alpha value is 0.700. The number of rotatable bonds is 31. The van der Waals surface area contributed by atoms with Crippen molar-refractivity contribution >= 4 is 23.5 Å². The molecular weight excluding hydrogens is 448 g/mol. The molecule has 0 aliphatic carbocycles. The third-order valence-corrected chi connectivity index (χ3v) is 9.42. The molecule has 0 saturated carbocycles. The maximum Gasteiger partial charge on any atom is -0.00675 e. The maximum absolute atomic E-state index is 2.30. The van der Waals surface area contributed by atoms with E-state index >= 15 is 0 Å². The smallest absolute Gasteiger partial charge is 0.00675 e. The summed E-state index contributed by atoms with van der Waals surface area (Å²) in [6, 6.07) is 0. The summed E-state index contributed by atoms with van der Waals surface area (Å²) in [5.41, 5.74) is 0. The van der Waals surface area contributed by atoms with E-state index in [0.29, 0.717) is 0 Å². The van der Waals surface area contributed by atoms with Gasteiger partial charge in [0.05, 0.1) is 0 Å². The van der Waals surface area contributed by atoms with Crippen molar-refractivity contribution in [2.45, 2.75) is 181 Å². The highest BCUT2D eigenvalue weighted by atomic mass is 32.2. The molecule has 0 N–H and O–H groups in total. The summed E-state index contributed by atoms with van der Waals surface area (Å²) in [6.45, 7) is 4.61. The molecule has 0 spiro atoms. The van der Waals surface area contributed by atoms with Gasteiger partial charge >= 0.3 is 0 Å². The van der Waals surface area contributed by atoms with Gasteiger partial charge in [-0.15, -0.1) is 0 Å². The monoisotopic (exact) mass is 514 g/mol. The molecule has 206 valence electrons. The largest absolute Gasteiger partial charge is 0.162 e. The van der Waals surface area contributed by atoms with Gasteiger partial charge in [0.25, 0.3) is 0 Å². The van der Waals surface area contributed by atoms with Crippen molar-refractivity contribution in [2.24, 2.45) is 0 Å². The molecule has 0 aliphatic heterocycles. The van der Waals surface area contributed by atoms with Crippen LogP contribution in [-0.4, -0.2) is 23.0 Å². The summed E-state index contributed by atoms with van der Waals surface area (Å²) in [5, 5.41) is 0. The number of hydrogen-bond acceptors (Lipinski definition) is 2. The fourth-order valence-electron chi connectivity index (χ4n) is 4.70. The molecular formula is C32H66S2. The lowest BCUT2D eigenvalue weighted by molar-refractivity contribution is 0.563. The molecule has 0 heterocycles. The molecule has 0 aromatic rings. The lowest BCUT2D eigenvalue weighted by Gasteiger charge is -2.04. The first-order valence-electron chi connectivity index (χ1n) is 16.1. The topological polar surface area (TPSA) is 0 Å². The maximum atomic E-state index is 2.30. The van der Waals surface area contributed by atoms with Crippen molar-refractivity contribution in [1.82, 2.24) is 0 Å². The van der Waals surface area contributed by atoms with Crippen LogP contribution in [0, 0.1) is 0 Å². The van der Waals surface area contributed by atoms with Crippen LogP contribution in [0.1, 0.15) is 181 Å². The Morgan fingerprint density at radius 1 is 0.235 bits per heavy atom. The second-order valence-corrected chi connectivity index (χ2v) is 13.2. The molecule has 34 heavy (non-hydrogen) atoms. The first kappa shape index (κ1) is 34.7. The molecule has 0 aromatic heterocycles. The Bertz CT molecular complexity index is 299. The van der Waals surface area contributed by atoms with Gasteiger partial charge in [0.2, 0.25) is 0 Å². The Morgan fingerprint density at radius 2 is 0.412 bits per heavy atom. The van der Waals surface area contributed by atoms with Gasteiger partial charge in [-0.1, -0.05) is 155 Å². The summed E-state index contributed by atoms with van der Waals surface area (Å²) in [7, 11) is 0. The third kappa shape index (κ3) is 32.7. The Kier molecular flexibility index (Phi) is 34.4. The van der Waals surface area contributed by atoms with Crippen molar-refractivity contribution in [3.8, 4) is 0 Å². The standard InChI is InChI=1S/C32H66S2/c1-3-5-7-9-11-13-15-17-21-25-29-33-31-27-23-19-20-24-28-32-34-30-26-22-18-16-14-12-10-8-6-4-2/h3-32H2,1-2H3. The molecule has 0 amide bonds. The van der Waals surface area contributed by atoms with E-state index in [0.717, 1.165) is 0 Å². The lowest BCUT2D eigenvalue weighted by Crippen LogP contribution is -1.88. The van der Waals surface area contributed by atoms with Crippen LogP contribution < -0.4 is 0 Å². The highest BCUT2D eigenvalue weighted by molar-refractivity contribution is 7.99. The van der Waals surface area contributed by atoms with Crippen LogP contribution in [-0.2, 0) is 0 Å². The average Bonchev–Trinajstić information content (AvgIpc) is 2.85. The molecule has 0 saturated heterocycles. The van der Waals surface area contributed by atoms with Gasteiger partial charge in [-0.3, -0.25) is 0 Å². The normalized spacial score (nSPS) is 11.5.